The molecule has 0 aliphatic heterocycles. The van der Waals surface area contributed by atoms with Gasteiger partial charge in [-0.25, -0.2) is 0 Å². The van der Waals surface area contributed by atoms with Crippen LogP contribution in [0.5, 0.6) is 5.75 Å². The molecule has 0 unspecified atom stereocenters. The van der Waals surface area contributed by atoms with Gasteiger partial charge in [0.25, 0.3) is 5.91 Å². The summed E-state index contributed by atoms with van der Waals surface area (Å²) >= 11 is 1.35. The number of carbonyl (C=O) groups excluding carboxylic acids is 1. The minimum Gasteiger partial charge on any atom is -0.492 e. The molecule has 0 saturated heterocycles. The number of nitrogens with two attached hydrogens (primary N) is 1. The summed E-state index contributed by atoms with van der Waals surface area (Å²) in [5.41, 5.74) is 6.35. The van der Waals surface area contributed by atoms with Crippen molar-refractivity contribution in [2.24, 2.45) is 0 Å². The number of methoxy groups -OCH3 is 1. The maximum Gasteiger partial charge on any atom is 0.263 e. The van der Waals surface area contributed by atoms with Crippen LogP contribution in [0.4, 0.5) is 10.7 Å². The lowest BCUT2D eigenvalue weighted by molar-refractivity contribution is 0.0960. The van der Waals surface area contributed by atoms with E-state index >= 15 is 0 Å². The van der Waals surface area contributed by atoms with E-state index in [1.807, 2.05) is 6.92 Å². The van der Waals surface area contributed by atoms with Crippen molar-refractivity contribution in [3.63, 3.8) is 0 Å². The third kappa shape index (κ3) is 2.46. The van der Waals surface area contributed by atoms with E-state index in [0.29, 0.717) is 28.9 Å². The molecular formula is C11H17N3O2S. The number of anilines is 2. The van der Waals surface area contributed by atoms with Crippen molar-refractivity contribution in [3.8, 4) is 5.75 Å². The van der Waals surface area contributed by atoms with Gasteiger partial charge in [0.15, 0.2) is 5.75 Å². The molecule has 0 aromatic carbocycles. The molecule has 1 heterocycles. The van der Waals surface area contributed by atoms with Crippen molar-refractivity contribution in [1.82, 2.24) is 5.32 Å². The number of amides is 1. The van der Waals surface area contributed by atoms with E-state index in [-0.39, 0.29) is 5.91 Å². The number of carbonyl (C=O) groups is 1. The Morgan fingerprint density at radius 1 is 1.59 bits per heavy atom. The van der Waals surface area contributed by atoms with Gasteiger partial charge in [-0.05, 0) is 19.8 Å². The third-order valence-electron chi connectivity index (χ3n) is 2.56. The predicted molar refractivity (Wildman–Crippen MR) is 69.9 cm³/mol. The molecule has 94 valence electrons. The second-order valence-electron chi connectivity index (χ2n) is 3.99. The van der Waals surface area contributed by atoms with Crippen LogP contribution in [-0.4, -0.2) is 25.6 Å². The second kappa shape index (κ2) is 4.83. The number of hydrogen-bond acceptors (Lipinski definition) is 5. The summed E-state index contributed by atoms with van der Waals surface area (Å²) < 4.78 is 5.26. The Morgan fingerprint density at radius 2 is 2.29 bits per heavy atom. The molecule has 0 bridgehead atoms. The van der Waals surface area contributed by atoms with Crippen molar-refractivity contribution in [2.75, 3.05) is 24.7 Å². The molecule has 0 atom stereocenters. The Balaban J connectivity index is 2.26. The SMILES string of the molecule is CCNC(=O)c1sc(NC2CC2)c(OC)c1N. The Bertz CT molecular complexity index is 427. The fourth-order valence-corrected chi connectivity index (χ4v) is 2.63. The summed E-state index contributed by atoms with van der Waals surface area (Å²) in [5, 5.41) is 6.93. The highest BCUT2D eigenvalue weighted by molar-refractivity contribution is 7.19. The van der Waals surface area contributed by atoms with Crippen molar-refractivity contribution in [2.45, 2.75) is 25.8 Å². The van der Waals surface area contributed by atoms with Gasteiger partial charge in [-0.3, -0.25) is 4.79 Å². The molecule has 5 nitrogen and oxygen atoms in total. The number of hydrogen-bond donors (Lipinski definition) is 3. The van der Waals surface area contributed by atoms with E-state index < -0.39 is 0 Å². The Labute approximate surface area is 104 Å². The first-order chi connectivity index (χ1) is 8.17. The van der Waals surface area contributed by atoms with Crippen molar-refractivity contribution in [1.29, 1.82) is 0 Å². The average Bonchev–Trinajstić information content (AvgIpc) is 3.04. The zero-order chi connectivity index (χ0) is 12.4. The second-order valence-corrected chi connectivity index (χ2v) is 5.01. The topological polar surface area (TPSA) is 76.4 Å². The highest BCUT2D eigenvalue weighted by atomic mass is 32.1. The zero-order valence-corrected chi connectivity index (χ0v) is 10.8. The Morgan fingerprint density at radius 3 is 2.82 bits per heavy atom. The standard InChI is InChI=1S/C11H17N3O2S/c1-3-13-10(15)9-7(12)8(16-2)11(17-9)14-6-4-5-6/h6,14H,3-5,12H2,1-2H3,(H,13,15). The number of nitrogen functional groups attached to an aromatic ring is 1. The van der Waals surface area contributed by atoms with E-state index in [0.717, 1.165) is 17.8 Å². The summed E-state index contributed by atoms with van der Waals surface area (Å²) in [4.78, 5) is 12.3. The van der Waals surface area contributed by atoms with Gasteiger partial charge < -0.3 is 21.1 Å². The molecule has 1 aliphatic rings. The fourth-order valence-electron chi connectivity index (χ4n) is 1.55. The lowest BCUT2D eigenvalue weighted by Gasteiger charge is -2.04. The summed E-state index contributed by atoms with van der Waals surface area (Å²) in [7, 11) is 1.57. The van der Waals surface area contributed by atoms with Crippen molar-refractivity contribution < 1.29 is 9.53 Å². The number of nitrogens with one attached hydrogen (secondary N) is 2. The van der Waals surface area contributed by atoms with E-state index in [2.05, 4.69) is 10.6 Å². The zero-order valence-electron chi connectivity index (χ0n) is 10.0. The first-order valence-corrected chi connectivity index (χ1v) is 6.50. The van der Waals surface area contributed by atoms with E-state index in [4.69, 9.17) is 10.5 Å². The Hall–Kier alpha value is -1.43. The van der Waals surface area contributed by atoms with Crippen LogP contribution in [0.15, 0.2) is 0 Å². The third-order valence-corrected chi connectivity index (χ3v) is 3.68. The summed E-state index contributed by atoms with van der Waals surface area (Å²) in [6.45, 7) is 2.46. The normalized spacial score (nSPS) is 14.5. The molecule has 0 spiro atoms. The van der Waals surface area contributed by atoms with Gasteiger partial charge in [-0.1, -0.05) is 0 Å². The lowest BCUT2D eigenvalue weighted by Crippen LogP contribution is -2.22. The molecule has 1 fully saturated rings. The maximum atomic E-state index is 11.8. The molecule has 2 rings (SSSR count). The van der Waals surface area contributed by atoms with Gasteiger partial charge in [0.2, 0.25) is 0 Å². The monoisotopic (exact) mass is 255 g/mol. The first-order valence-electron chi connectivity index (χ1n) is 5.68. The number of thiophene rings is 1. The molecule has 1 aromatic heterocycles. The quantitative estimate of drug-likeness (QED) is 0.748. The molecular weight excluding hydrogens is 238 g/mol. The van der Waals surface area contributed by atoms with Gasteiger partial charge >= 0.3 is 0 Å². The van der Waals surface area contributed by atoms with E-state index in [1.165, 1.54) is 11.3 Å². The lowest BCUT2D eigenvalue weighted by atomic mass is 10.3. The van der Waals surface area contributed by atoms with Gasteiger partial charge in [-0.15, -0.1) is 11.3 Å². The van der Waals surface area contributed by atoms with Crippen molar-refractivity contribution in [3.05, 3.63) is 4.88 Å². The fraction of sp³-hybridized carbons (Fsp3) is 0.545. The van der Waals surface area contributed by atoms with Crippen LogP contribution in [0.1, 0.15) is 29.4 Å². The largest absolute Gasteiger partial charge is 0.492 e. The molecule has 4 N–H and O–H groups in total. The molecule has 1 aromatic rings. The predicted octanol–water partition coefficient (Wildman–Crippen LogP) is 1.66. The maximum absolute atomic E-state index is 11.8. The van der Waals surface area contributed by atoms with Crippen LogP contribution in [0, 0.1) is 0 Å². The highest BCUT2D eigenvalue weighted by Crippen LogP contribution is 2.44. The van der Waals surface area contributed by atoms with E-state index in [1.54, 1.807) is 7.11 Å². The van der Waals surface area contributed by atoms with Crippen LogP contribution in [0.2, 0.25) is 0 Å². The molecule has 0 radical (unpaired) electrons. The molecule has 1 amide bonds. The van der Waals surface area contributed by atoms with Crippen LogP contribution < -0.4 is 21.1 Å². The van der Waals surface area contributed by atoms with Gasteiger partial charge in [-0.2, -0.15) is 0 Å². The molecule has 6 heteroatoms. The molecule has 17 heavy (non-hydrogen) atoms. The van der Waals surface area contributed by atoms with Crippen LogP contribution >= 0.6 is 11.3 Å². The smallest absolute Gasteiger partial charge is 0.263 e. The number of ether oxygens (including phenoxy) is 1. The first kappa shape index (κ1) is 12.0. The number of rotatable bonds is 5. The summed E-state index contributed by atoms with van der Waals surface area (Å²) in [6.07, 6.45) is 2.33. The minimum atomic E-state index is -0.142. The van der Waals surface area contributed by atoms with Crippen molar-refractivity contribution >= 4 is 27.9 Å². The average molecular weight is 255 g/mol. The van der Waals surface area contributed by atoms with E-state index in [9.17, 15) is 4.79 Å². The van der Waals surface area contributed by atoms with Gasteiger partial charge in [0.05, 0.1) is 7.11 Å². The summed E-state index contributed by atoms with van der Waals surface area (Å²) in [5.74, 6) is 0.445. The molecule has 1 aliphatic carbocycles. The van der Waals surface area contributed by atoms with Gasteiger partial charge in [0, 0.05) is 12.6 Å². The van der Waals surface area contributed by atoms with Crippen LogP contribution in [0.25, 0.3) is 0 Å². The highest BCUT2D eigenvalue weighted by Gasteiger charge is 2.27. The van der Waals surface area contributed by atoms with Crippen LogP contribution in [0.3, 0.4) is 0 Å². The van der Waals surface area contributed by atoms with Crippen LogP contribution in [-0.2, 0) is 0 Å². The minimum absolute atomic E-state index is 0.142. The Kier molecular flexibility index (Phi) is 3.42. The molecule has 1 saturated carbocycles. The van der Waals surface area contributed by atoms with Gasteiger partial charge in [0.1, 0.15) is 15.6 Å². The summed E-state index contributed by atoms with van der Waals surface area (Å²) in [6, 6.07) is 0.504.